The number of hydrogen-bond donors (Lipinski definition) is 1. The molecule has 0 spiro atoms. The van der Waals surface area contributed by atoms with E-state index in [-0.39, 0.29) is 19.0 Å². The van der Waals surface area contributed by atoms with Gasteiger partial charge >= 0.3 is 0 Å². The monoisotopic (exact) mass is 209 g/mol. The van der Waals surface area contributed by atoms with Crippen LogP contribution in [0.15, 0.2) is 35.5 Å². The molecule has 0 aliphatic carbocycles. The van der Waals surface area contributed by atoms with Gasteiger partial charge in [0, 0.05) is 18.3 Å². The van der Waals surface area contributed by atoms with Crippen LogP contribution in [0.1, 0.15) is 11.1 Å². The third-order valence-electron chi connectivity index (χ3n) is 2.14. The molecule has 2 rings (SSSR count). The Hall–Kier alpha value is -1.12. The van der Waals surface area contributed by atoms with Crippen molar-refractivity contribution < 1.29 is 5.11 Å². The molecule has 0 unspecified atom stereocenters. The van der Waals surface area contributed by atoms with Crippen LogP contribution < -0.4 is 0 Å². The van der Waals surface area contributed by atoms with Crippen LogP contribution in [0.25, 0.3) is 6.08 Å². The molecule has 0 saturated carbocycles. The molecule has 74 valence electrons. The number of hydrogen-bond acceptors (Lipinski definition) is 2. The molecule has 1 aromatic rings. The Balaban J connectivity index is 0.000000980. The molecular formula is C11H12ClNO. The van der Waals surface area contributed by atoms with E-state index in [9.17, 15) is 0 Å². The van der Waals surface area contributed by atoms with Crippen LogP contribution in [0.5, 0.6) is 0 Å². The molecule has 0 bridgehead atoms. The maximum Gasteiger partial charge on any atom is 0.0817 e. The van der Waals surface area contributed by atoms with Crippen molar-refractivity contribution in [2.45, 2.75) is 6.42 Å². The van der Waals surface area contributed by atoms with Gasteiger partial charge in [0.1, 0.15) is 0 Å². The lowest BCUT2D eigenvalue weighted by Gasteiger charge is -2.03. The summed E-state index contributed by atoms with van der Waals surface area (Å²) in [5.74, 6) is 0. The maximum atomic E-state index is 8.98. The number of rotatable bonds is 1. The first-order valence-corrected chi connectivity index (χ1v) is 4.31. The van der Waals surface area contributed by atoms with Crippen LogP contribution in [0.3, 0.4) is 0 Å². The van der Waals surface area contributed by atoms with Crippen molar-refractivity contribution in [1.82, 2.24) is 0 Å². The Morgan fingerprint density at radius 1 is 1.29 bits per heavy atom. The fourth-order valence-corrected chi connectivity index (χ4v) is 1.44. The zero-order chi connectivity index (χ0) is 9.10. The second kappa shape index (κ2) is 4.94. The largest absolute Gasteiger partial charge is 0.390 e. The van der Waals surface area contributed by atoms with E-state index in [1.165, 1.54) is 11.1 Å². The number of benzene rings is 1. The highest BCUT2D eigenvalue weighted by molar-refractivity contribution is 5.90. The first-order valence-electron chi connectivity index (χ1n) is 4.31. The van der Waals surface area contributed by atoms with Gasteiger partial charge in [0.2, 0.25) is 0 Å². The normalized spacial score (nSPS) is 13.6. The predicted molar refractivity (Wildman–Crippen MR) is 60.9 cm³/mol. The van der Waals surface area contributed by atoms with Gasteiger partial charge in [0.05, 0.1) is 6.61 Å². The smallest absolute Gasteiger partial charge is 0.0817 e. The summed E-state index contributed by atoms with van der Waals surface area (Å²) in [6, 6.07) is 8.14. The summed E-state index contributed by atoms with van der Waals surface area (Å²) in [5.41, 5.74) is 3.24. The highest BCUT2D eigenvalue weighted by atomic mass is 35.5. The molecule has 2 nitrogen and oxygen atoms in total. The zero-order valence-corrected chi connectivity index (χ0v) is 8.50. The van der Waals surface area contributed by atoms with E-state index in [4.69, 9.17) is 5.11 Å². The van der Waals surface area contributed by atoms with Crippen LogP contribution in [-0.2, 0) is 6.42 Å². The molecule has 14 heavy (non-hydrogen) atoms. The van der Waals surface area contributed by atoms with Crippen LogP contribution in [0.2, 0.25) is 0 Å². The van der Waals surface area contributed by atoms with Gasteiger partial charge in [-0.1, -0.05) is 24.3 Å². The Labute approximate surface area is 89.4 Å². The second-order valence-electron chi connectivity index (χ2n) is 3.04. The Morgan fingerprint density at radius 3 is 2.86 bits per heavy atom. The Kier molecular flexibility index (Phi) is 3.86. The van der Waals surface area contributed by atoms with E-state index >= 15 is 0 Å². The molecule has 0 aromatic heterocycles. The fraction of sp³-hybridized carbons (Fsp3) is 0.182. The third-order valence-corrected chi connectivity index (χ3v) is 2.14. The maximum absolute atomic E-state index is 8.98. The third kappa shape index (κ3) is 2.22. The van der Waals surface area contributed by atoms with Gasteiger partial charge in [-0.25, -0.2) is 0 Å². The van der Waals surface area contributed by atoms with Crippen molar-refractivity contribution in [2.75, 3.05) is 6.61 Å². The first-order chi connectivity index (χ1) is 6.40. The Bertz CT molecular complexity index is 371. The summed E-state index contributed by atoms with van der Waals surface area (Å²) in [6.45, 7) is 0.0404. The average Bonchev–Trinajstić information content (AvgIpc) is 2.38. The van der Waals surface area contributed by atoms with E-state index in [0.29, 0.717) is 0 Å². The van der Waals surface area contributed by atoms with E-state index in [1.807, 2.05) is 18.2 Å². The lowest BCUT2D eigenvalue weighted by molar-refractivity contribution is 0.355. The van der Waals surface area contributed by atoms with Gasteiger partial charge < -0.3 is 5.11 Å². The average molecular weight is 210 g/mol. The highest BCUT2D eigenvalue weighted by Crippen LogP contribution is 2.14. The summed E-state index contributed by atoms with van der Waals surface area (Å²) in [7, 11) is 0. The van der Waals surface area contributed by atoms with Crippen molar-refractivity contribution in [1.29, 1.82) is 0 Å². The molecule has 1 N–H and O–H groups in total. The van der Waals surface area contributed by atoms with Crippen molar-refractivity contribution in [3.8, 4) is 0 Å². The van der Waals surface area contributed by atoms with Gasteiger partial charge in [-0.2, -0.15) is 0 Å². The predicted octanol–water partition coefficient (Wildman–Crippen LogP) is 2.07. The van der Waals surface area contributed by atoms with Crippen LogP contribution >= 0.6 is 12.4 Å². The summed E-state index contributed by atoms with van der Waals surface area (Å²) in [5, 5.41) is 8.98. The van der Waals surface area contributed by atoms with Crippen LogP contribution in [0, 0.1) is 0 Å². The van der Waals surface area contributed by atoms with Gasteiger partial charge in [-0.3, -0.25) is 4.99 Å². The number of aliphatic hydroxyl groups is 1. The summed E-state index contributed by atoms with van der Waals surface area (Å²) in [6.07, 6.45) is 4.47. The minimum Gasteiger partial charge on any atom is -0.390 e. The zero-order valence-electron chi connectivity index (χ0n) is 7.68. The summed E-state index contributed by atoms with van der Waals surface area (Å²) in [4.78, 5) is 4.14. The minimum absolute atomic E-state index is 0. The van der Waals surface area contributed by atoms with Crippen LogP contribution in [0.4, 0.5) is 0 Å². The number of halogens is 1. The molecule has 1 aliphatic heterocycles. The van der Waals surface area contributed by atoms with Crippen molar-refractivity contribution in [3.05, 3.63) is 41.6 Å². The van der Waals surface area contributed by atoms with Gasteiger partial charge in [-0.15, -0.1) is 12.4 Å². The van der Waals surface area contributed by atoms with Gasteiger partial charge in [0.15, 0.2) is 0 Å². The lowest BCUT2D eigenvalue weighted by atomic mass is 10.0. The standard InChI is InChI=1S/C11H11NO.ClH/c13-8-11-7-10-4-2-1-3-9(10)5-6-12-11;/h1-6,13H,7-8H2;1H. The Morgan fingerprint density at radius 2 is 2.07 bits per heavy atom. The molecule has 0 atom stereocenters. The molecule has 1 heterocycles. The summed E-state index contributed by atoms with van der Waals surface area (Å²) >= 11 is 0. The van der Waals surface area contributed by atoms with Crippen molar-refractivity contribution in [2.24, 2.45) is 4.99 Å². The first kappa shape index (κ1) is 11.0. The van der Waals surface area contributed by atoms with Crippen LogP contribution in [-0.4, -0.2) is 17.4 Å². The topological polar surface area (TPSA) is 32.6 Å². The van der Waals surface area contributed by atoms with Gasteiger partial charge in [0.25, 0.3) is 0 Å². The van der Waals surface area contributed by atoms with E-state index in [1.54, 1.807) is 6.20 Å². The molecule has 0 saturated heterocycles. The lowest BCUT2D eigenvalue weighted by Crippen LogP contribution is -2.07. The van der Waals surface area contributed by atoms with E-state index in [0.717, 1.165) is 12.1 Å². The van der Waals surface area contributed by atoms with Crippen molar-refractivity contribution >= 4 is 24.2 Å². The highest BCUT2D eigenvalue weighted by Gasteiger charge is 2.05. The number of nitrogens with zero attached hydrogens (tertiary/aromatic N) is 1. The van der Waals surface area contributed by atoms with E-state index in [2.05, 4.69) is 17.1 Å². The SMILES string of the molecule is Cl.OCC1=NC=Cc2ccccc2C1. The molecule has 1 aliphatic rings. The molecule has 1 aromatic carbocycles. The molecular weight excluding hydrogens is 198 g/mol. The van der Waals surface area contributed by atoms with Gasteiger partial charge in [-0.05, 0) is 17.2 Å². The van der Waals surface area contributed by atoms with E-state index < -0.39 is 0 Å². The second-order valence-corrected chi connectivity index (χ2v) is 3.04. The fourth-order valence-electron chi connectivity index (χ4n) is 1.44. The number of aliphatic imine (C=N–C) groups is 1. The molecule has 0 fully saturated rings. The molecule has 0 radical (unpaired) electrons. The number of aliphatic hydroxyl groups excluding tert-OH is 1. The quantitative estimate of drug-likeness (QED) is 0.755. The minimum atomic E-state index is 0. The number of fused-ring (bicyclic) bond motifs is 1. The summed E-state index contributed by atoms with van der Waals surface area (Å²) < 4.78 is 0. The van der Waals surface area contributed by atoms with Crippen molar-refractivity contribution in [3.63, 3.8) is 0 Å². The molecule has 0 amide bonds. The molecule has 3 heteroatoms.